The van der Waals surface area contributed by atoms with Crippen LogP contribution in [0.15, 0.2) is 48.5 Å². The number of para-hydroxylation sites is 1. The second-order valence-electron chi connectivity index (χ2n) is 5.22. The molecule has 0 fully saturated rings. The average molecular weight is 344 g/mol. The molecule has 2 aromatic carbocycles. The van der Waals surface area contributed by atoms with Gasteiger partial charge in [0.05, 0.1) is 5.56 Å². The molecule has 0 aliphatic carbocycles. The third-order valence-electron chi connectivity index (χ3n) is 3.68. The van der Waals surface area contributed by atoms with Gasteiger partial charge in [-0.1, -0.05) is 29.8 Å². The summed E-state index contributed by atoms with van der Waals surface area (Å²) in [6.45, 7) is 0. The Morgan fingerprint density at radius 3 is 2.50 bits per heavy atom. The summed E-state index contributed by atoms with van der Waals surface area (Å²) < 4.78 is 1.73. The van der Waals surface area contributed by atoms with Crippen LogP contribution < -0.4 is 10.9 Å². The summed E-state index contributed by atoms with van der Waals surface area (Å²) in [6.07, 6.45) is 0. The van der Waals surface area contributed by atoms with E-state index >= 15 is 0 Å². The van der Waals surface area contributed by atoms with Crippen LogP contribution >= 0.6 is 11.6 Å². The Morgan fingerprint density at radius 2 is 1.75 bits per heavy atom. The highest BCUT2D eigenvalue weighted by atomic mass is 35.5. The monoisotopic (exact) mass is 343 g/mol. The number of benzene rings is 2. The number of carbonyl (C=O) groups excluding carboxylic acids is 2. The highest BCUT2D eigenvalue weighted by molar-refractivity contribution is 6.31. The van der Waals surface area contributed by atoms with Crippen molar-refractivity contribution in [2.45, 2.75) is 0 Å². The molecule has 1 aromatic heterocycles. The number of aromatic hydroxyl groups is 1. The lowest BCUT2D eigenvalue weighted by Gasteiger charge is -2.09. The van der Waals surface area contributed by atoms with Gasteiger partial charge >= 0.3 is 0 Å². The van der Waals surface area contributed by atoms with Crippen LogP contribution in [0.4, 0.5) is 0 Å². The molecule has 0 unspecified atom stereocenters. The van der Waals surface area contributed by atoms with Gasteiger partial charge in [0.25, 0.3) is 11.8 Å². The number of hydrazine groups is 1. The number of fused-ring (bicyclic) bond motifs is 1. The second kappa shape index (κ2) is 6.25. The van der Waals surface area contributed by atoms with Gasteiger partial charge in [0.2, 0.25) is 0 Å². The van der Waals surface area contributed by atoms with Crippen LogP contribution in [0.1, 0.15) is 20.8 Å². The maximum atomic E-state index is 12.3. The van der Waals surface area contributed by atoms with Gasteiger partial charge in [0.1, 0.15) is 11.4 Å². The Labute approximate surface area is 142 Å². The number of nitrogens with zero attached hydrogens (tertiary/aromatic N) is 1. The van der Waals surface area contributed by atoms with E-state index in [1.54, 1.807) is 17.7 Å². The van der Waals surface area contributed by atoms with Crippen molar-refractivity contribution in [3.63, 3.8) is 0 Å². The van der Waals surface area contributed by atoms with Crippen molar-refractivity contribution < 1.29 is 14.7 Å². The topological polar surface area (TPSA) is 83.4 Å². The van der Waals surface area contributed by atoms with E-state index in [1.165, 1.54) is 18.2 Å². The Hall–Kier alpha value is -2.99. The minimum absolute atomic E-state index is 0.0279. The molecule has 2 amide bonds. The molecule has 122 valence electrons. The Balaban J connectivity index is 1.76. The molecule has 0 spiro atoms. The van der Waals surface area contributed by atoms with Crippen molar-refractivity contribution in [3.05, 3.63) is 64.8 Å². The molecule has 0 saturated carbocycles. The summed E-state index contributed by atoms with van der Waals surface area (Å²) in [7, 11) is 1.77. The number of rotatable bonds is 2. The van der Waals surface area contributed by atoms with E-state index in [-0.39, 0.29) is 11.3 Å². The average Bonchev–Trinajstić information content (AvgIpc) is 2.92. The Kier molecular flexibility index (Phi) is 4.14. The minimum Gasteiger partial charge on any atom is -0.507 e. The third-order valence-corrected chi connectivity index (χ3v) is 3.91. The molecule has 3 N–H and O–H groups in total. The van der Waals surface area contributed by atoms with E-state index in [2.05, 4.69) is 10.9 Å². The number of aryl methyl sites for hydroxylation is 1. The zero-order valence-electron chi connectivity index (χ0n) is 12.7. The molecule has 0 saturated heterocycles. The zero-order chi connectivity index (χ0) is 17.3. The predicted octanol–water partition coefficient (Wildman–Crippen LogP) is 2.61. The molecular weight excluding hydrogens is 330 g/mol. The number of hydrogen-bond acceptors (Lipinski definition) is 3. The van der Waals surface area contributed by atoms with Gasteiger partial charge in [-0.3, -0.25) is 20.4 Å². The Bertz CT molecular complexity index is 949. The van der Waals surface area contributed by atoms with Crippen molar-refractivity contribution in [1.82, 2.24) is 15.4 Å². The van der Waals surface area contributed by atoms with E-state index < -0.39 is 11.8 Å². The lowest BCUT2D eigenvalue weighted by Crippen LogP contribution is -2.42. The van der Waals surface area contributed by atoms with E-state index in [9.17, 15) is 14.7 Å². The van der Waals surface area contributed by atoms with Crippen molar-refractivity contribution >= 4 is 34.3 Å². The lowest BCUT2D eigenvalue weighted by molar-refractivity contribution is 0.0840. The normalized spacial score (nSPS) is 10.6. The summed E-state index contributed by atoms with van der Waals surface area (Å²) >= 11 is 5.80. The van der Waals surface area contributed by atoms with E-state index in [1.807, 2.05) is 24.3 Å². The summed E-state index contributed by atoms with van der Waals surface area (Å²) in [4.78, 5) is 24.3. The van der Waals surface area contributed by atoms with Crippen molar-refractivity contribution in [2.75, 3.05) is 0 Å². The molecule has 3 rings (SSSR count). The molecule has 1 heterocycles. The van der Waals surface area contributed by atoms with Crippen molar-refractivity contribution in [2.24, 2.45) is 7.05 Å². The first kappa shape index (κ1) is 15.9. The second-order valence-corrected chi connectivity index (χ2v) is 5.65. The molecule has 0 atom stereocenters. The number of aromatic nitrogens is 1. The van der Waals surface area contributed by atoms with Crippen LogP contribution in [0.5, 0.6) is 5.75 Å². The minimum atomic E-state index is -0.665. The summed E-state index contributed by atoms with van der Waals surface area (Å²) in [5, 5.41) is 10.9. The van der Waals surface area contributed by atoms with Crippen LogP contribution in [-0.4, -0.2) is 21.5 Å². The van der Waals surface area contributed by atoms with Crippen LogP contribution in [0.2, 0.25) is 5.02 Å². The fourth-order valence-corrected chi connectivity index (χ4v) is 2.61. The van der Waals surface area contributed by atoms with E-state index in [0.717, 1.165) is 10.9 Å². The van der Waals surface area contributed by atoms with Crippen LogP contribution in [0, 0.1) is 0 Å². The summed E-state index contributed by atoms with van der Waals surface area (Å²) in [5.74, 6) is -1.36. The first-order valence-electron chi connectivity index (χ1n) is 7.11. The number of amides is 2. The number of halogens is 1. The smallest absolute Gasteiger partial charge is 0.286 e. The Morgan fingerprint density at radius 1 is 1.04 bits per heavy atom. The molecule has 6 nitrogen and oxygen atoms in total. The fraction of sp³-hybridized carbons (Fsp3) is 0.0588. The lowest BCUT2D eigenvalue weighted by atomic mass is 10.2. The summed E-state index contributed by atoms with van der Waals surface area (Å²) in [6, 6.07) is 13.4. The van der Waals surface area contributed by atoms with Gasteiger partial charge in [-0.25, -0.2) is 0 Å². The highest BCUT2D eigenvalue weighted by Gasteiger charge is 2.16. The van der Waals surface area contributed by atoms with Crippen molar-refractivity contribution in [3.8, 4) is 5.75 Å². The van der Waals surface area contributed by atoms with Gasteiger partial charge in [-0.15, -0.1) is 0 Å². The molecule has 7 heteroatoms. The standard InChI is InChI=1S/C17H14ClN3O3/c1-21-13-5-3-2-4-10(13)8-14(21)17(24)20-19-16(23)12-9-11(18)6-7-15(12)22/h2-9,22H,1H3,(H,19,23)(H,20,24). The van der Waals surface area contributed by atoms with Gasteiger partial charge < -0.3 is 9.67 Å². The first-order valence-corrected chi connectivity index (χ1v) is 7.49. The maximum absolute atomic E-state index is 12.3. The predicted molar refractivity (Wildman–Crippen MR) is 91.0 cm³/mol. The first-order chi connectivity index (χ1) is 11.5. The number of nitrogens with one attached hydrogen (secondary N) is 2. The quantitative estimate of drug-likeness (QED) is 0.625. The van der Waals surface area contributed by atoms with Crippen LogP contribution in [0.3, 0.4) is 0 Å². The highest BCUT2D eigenvalue weighted by Crippen LogP contribution is 2.21. The molecule has 0 aliphatic rings. The number of carbonyl (C=O) groups is 2. The van der Waals surface area contributed by atoms with Gasteiger partial charge in [0, 0.05) is 23.0 Å². The molecule has 3 aromatic rings. The van der Waals surface area contributed by atoms with E-state index in [4.69, 9.17) is 11.6 Å². The largest absolute Gasteiger partial charge is 0.507 e. The number of phenolic OH excluding ortho intramolecular Hbond substituents is 1. The summed E-state index contributed by atoms with van der Waals surface area (Å²) in [5.41, 5.74) is 5.87. The maximum Gasteiger partial charge on any atom is 0.286 e. The van der Waals surface area contributed by atoms with Crippen LogP contribution in [-0.2, 0) is 7.05 Å². The third kappa shape index (κ3) is 2.91. The zero-order valence-corrected chi connectivity index (χ0v) is 13.5. The molecule has 0 bridgehead atoms. The molecule has 0 radical (unpaired) electrons. The molecule has 24 heavy (non-hydrogen) atoms. The molecular formula is C17H14ClN3O3. The van der Waals surface area contributed by atoms with Crippen molar-refractivity contribution in [1.29, 1.82) is 0 Å². The number of hydrogen-bond donors (Lipinski definition) is 3. The van der Waals surface area contributed by atoms with E-state index in [0.29, 0.717) is 10.7 Å². The van der Waals surface area contributed by atoms with Gasteiger partial charge in [0.15, 0.2) is 0 Å². The number of phenols is 1. The van der Waals surface area contributed by atoms with Crippen LogP contribution in [0.25, 0.3) is 10.9 Å². The van der Waals surface area contributed by atoms with Gasteiger partial charge in [-0.2, -0.15) is 0 Å². The fourth-order valence-electron chi connectivity index (χ4n) is 2.44. The molecule has 0 aliphatic heterocycles. The van der Waals surface area contributed by atoms with Gasteiger partial charge in [-0.05, 0) is 30.3 Å². The SMILES string of the molecule is Cn1c(C(=O)NNC(=O)c2cc(Cl)ccc2O)cc2ccccc21.